The molecule has 0 unspecified atom stereocenters. The number of methoxy groups -OCH3 is 1. The molecule has 1 saturated heterocycles. The van der Waals surface area contributed by atoms with Crippen molar-refractivity contribution < 1.29 is 13.2 Å². The minimum absolute atomic E-state index is 0.160. The summed E-state index contributed by atoms with van der Waals surface area (Å²) >= 11 is 0. The average Bonchev–Trinajstić information content (AvgIpc) is 2.60. The van der Waals surface area contributed by atoms with E-state index in [4.69, 9.17) is 10.5 Å². The lowest BCUT2D eigenvalue weighted by Gasteiger charge is -2.40. The maximum absolute atomic E-state index is 12.2. The molecule has 0 aliphatic carbocycles. The van der Waals surface area contributed by atoms with Gasteiger partial charge in [-0.05, 0) is 44.4 Å². The molecule has 0 radical (unpaired) electrons. The molecule has 0 atom stereocenters. The third kappa shape index (κ3) is 5.01. The number of nitrogens with zero attached hydrogens (tertiary/aromatic N) is 1. The van der Waals surface area contributed by atoms with Gasteiger partial charge < -0.3 is 15.4 Å². The maximum atomic E-state index is 12.2. The number of hydrogen-bond donors (Lipinski definition) is 1. The van der Waals surface area contributed by atoms with Crippen LogP contribution in [0.4, 0.5) is 0 Å². The molecule has 0 aromatic heterocycles. The Morgan fingerprint density at radius 2 is 1.83 bits per heavy atom. The highest BCUT2D eigenvalue weighted by Crippen LogP contribution is 2.24. The fraction of sp³-hybridized carbons (Fsp3) is 0.647. The molecule has 6 heteroatoms. The first-order valence-electron chi connectivity index (χ1n) is 8.27. The largest absolute Gasteiger partial charge is 0.377 e. The van der Waals surface area contributed by atoms with Crippen LogP contribution in [0.15, 0.2) is 35.2 Å². The monoisotopic (exact) mass is 340 g/mol. The standard InChI is InChI=1S/C17H28N2O3S/c1-22-17(15-18)9-12-19(13-10-17)11-5-6-14-23(20,21)16-7-3-2-4-8-16/h2-4,7-8H,5-6,9-15,18H2,1H3. The zero-order valence-corrected chi connectivity index (χ0v) is 14.7. The zero-order chi connectivity index (χ0) is 16.8. The maximum Gasteiger partial charge on any atom is 0.178 e. The highest BCUT2D eigenvalue weighted by atomic mass is 32.2. The minimum Gasteiger partial charge on any atom is -0.377 e. The van der Waals surface area contributed by atoms with Crippen molar-refractivity contribution in [2.24, 2.45) is 5.73 Å². The minimum atomic E-state index is -3.14. The fourth-order valence-electron chi connectivity index (χ4n) is 3.05. The van der Waals surface area contributed by atoms with Gasteiger partial charge in [0.1, 0.15) is 0 Å². The lowest BCUT2D eigenvalue weighted by atomic mass is 9.91. The predicted octanol–water partition coefficient (Wildman–Crippen LogP) is 1.68. The van der Waals surface area contributed by atoms with Crippen LogP contribution in [-0.4, -0.2) is 58.0 Å². The van der Waals surface area contributed by atoms with E-state index in [-0.39, 0.29) is 11.4 Å². The molecule has 1 aliphatic rings. The second-order valence-corrected chi connectivity index (χ2v) is 8.38. The van der Waals surface area contributed by atoms with Crippen LogP contribution >= 0.6 is 0 Å². The van der Waals surface area contributed by atoms with Crippen molar-refractivity contribution in [3.8, 4) is 0 Å². The van der Waals surface area contributed by atoms with Crippen molar-refractivity contribution >= 4 is 9.84 Å². The molecular weight excluding hydrogens is 312 g/mol. The number of nitrogens with two attached hydrogens (primary N) is 1. The Labute approximate surface area is 139 Å². The molecule has 1 heterocycles. The van der Waals surface area contributed by atoms with Crippen molar-refractivity contribution in [3.05, 3.63) is 30.3 Å². The Balaban J connectivity index is 1.71. The third-order valence-electron chi connectivity index (χ3n) is 4.81. The summed E-state index contributed by atoms with van der Waals surface area (Å²) in [5.41, 5.74) is 5.65. The Kier molecular flexibility index (Phi) is 6.59. The number of likely N-dealkylation sites (tertiary alicyclic amines) is 1. The van der Waals surface area contributed by atoms with Crippen LogP contribution in [0.2, 0.25) is 0 Å². The van der Waals surface area contributed by atoms with E-state index in [2.05, 4.69) is 4.90 Å². The Morgan fingerprint density at radius 1 is 1.17 bits per heavy atom. The molecule has 0 spiro atoms. The molecule has 1 fully saturated rings. The summed E-state index contributed by atoms with van der Waals surface area (Å²) in [4.78, 5) is 2.80. The predicted molar refractivity (Wildman–Crippen MR) is 92.2 cm³/mol. The molecule has 0 bridgehead atoms. The van der Waals surface area contributed by atoms with Crippen LogP contribution in [0.25, 0.3) is 0 Å². The summed E-state index contributed by atoms with van der Waals surface area (Å²) in [6.45, 7) is 3.44. The van der Waals surface area contributed by atoms with E-state index < -0.39 is 9.84 Å². The quantitative estimate of drug-likeness (QED) is 0.729. The van der Waals surface area contributed by atoms with Gasteiger partial charge in [-0.25, -0.2) is 8.42 Å². The van der Waals surface area contributed by atoms with Gasteiger partial charge >= 0.3 is 0 Å². The smallest absolute Gasteiger partial charge is 0.178 e. The van der Waals surface area contributed by atoms with Gasteiger partial charge in [0.15, 0.2) is 9.84 Å². The summed E-state index contributed by atoms with van der Waals surface area (Å²) in [6, 6.07) is 8.69. The van der Waals surface area contributed by atoms with Crippen LogP contribution in [0, 0.1) is 0 Å². The highest BCUT2D eigenvalue weighted by molar-refractivity contribution is 7.91. The molecule has 5 nitrogen and oxygen atoms in total. The van der Waals surface area contributed by atoms with Gasteiger partial charge in [-0.1, -0.05) is 18.2 Å². The molecular formula is C17H28N2O3S. The second kappa shape index (κ2) is 8.24. The number of unbranched alkanes of at least 4 members (excludes halogenated alkanes) is 1. The van der Waals surface area contributed by atoms with Crippen LogP contribution in [-0.2, 0) is 14.6 Å². The van der Waals surface area contributed by atoms with Gasteiger partial charge in [-0.2, -0.15) is 0 Å². The van der Waals surface area contributed by atoms with Gasteiger partial charge in [-0.15, -0.1) is 0 Å². The molecule has 1 aromatic carbocycles. The lowest BCUT2D eigenvalue weighted by Crippen LogP contribution is -2.50. The lowest BCUT2D eigenvalue weighted by molar-refractivity contribution is -0.0498. The van der Waals surface area contributed by atoms with Crippen LogP contribution in [0.5, 0.6) is 0 Å². The first-order chi connectivity index (χ1) is 11.0. The second-order valence-electron chi connectivity index (χ2n) is 6.27. The number of ether oxygens (including phenoxy) is 1. The number of hydrogen-bond acceptors (Lipinski definition) is 5. The summed E-state index contributed by atoms with van der Waals surface area (Å²) in [6.07, 6.45) is 3.49. The molecule has 0 saturated carbocycles. The summed E-state index contributed by atoms with van der Waals surface area (Å²) < 4.78 is 30.0. The van der Waals surface area contributed by atoms with E-state index >= 15 is 0 Å². The summed E-state index contributed by atoms with van der Waals surface area (Å²) in [5.74, 6) is 0.218. The zero-order valence-electron chi connectivity index (χ0n) is 13.9. The van der Waals surface area contributed by atoms with Gasteiger partial charge in [0, 0.05) is 26.7 Å². The number of sulfone groups is 1. The topological polar surface area (TPSA) is 72.6 Å². The third-order valence-corrected chi connectivity index (χ3v) is 6.63. The molecule has 1 aromatic rings. The number of benzene rings is 1. The van der Waals surface area contributed by atoms with E-state index in [1.165, 1.54) is 0 Å². The Hall–Kier alpha value is -0.950. The van der Waals surface area contributed by atoms with Crippen molar-refractivity contribution in [2.75, 3.05) is 39.0 Å². The van der Waals surface area contributed by atoms with Crippen molar-refractivity contribution in [1.29, 1.82) is 0 Å². The van der Waals surface area contributed by atoms with Crippen molar-refractivity contribution in [1.82, 2.24) is 4.90 Å². The average molecular weight is 340 g/mol. The van der Waals surface area contributed by atoms with Gasteiger partial charge in [-0.3, -0.25) is 0 Å². The Bertz CT molecular complexity index is 561. The Morgan fingerprint density at radius 3 is 2.39 bits per heavy atom. The van der Waals surface area contributed by atoms with E-state index in [0.29, 0.717) is 17.9 Å². The van der Waals surface area contributed by atoms with E-state index in [1.54, 1.807) is 31.4 Å². The molecule has 1 aliphatic heterocycles. The van der Waals surface area contributed by atoms with Crippen LogP contribution in [0.1, 0.15) is 25.7 Å². The van der Waals surface area contributed by atoms with Crippen LogP contribution in [0.3, 0.4) is 0 Å². The first kappa shape index (κ1) is 18.4. The van der Waals surface area contributed by atoms with E-state index in [0.717, 1.165) is 38.9 Å². The molecule has 2 N–H and O–H groups in total. The van der Waals surface area contributed by atoms with Crippen LogP contribution < -0.4 is 5.73 Å². The van der Waals surface area contributed by atoms with Gasteiger partial charge in [0.25, 0.3) is 0 Å². The summed E-state index contributed by atoms with van der Waals surface area (Å²) in [5, 5.41) is 0. The molecule has 23 heavy (non-hydrogen) atoms. The number of piperidine rings is 1. The van der Waals surface area contributed by atoms with Crippen molar-refractivity contribution in [2.45, 2.75) is 36.2 Å². The molecule has 2 rings (SSSR count). The normalized spacial score (nSPS) is 18.9. The molecule has 0 amide bonds. The first-order valence-corrected chi connectivity index (χ1v) is 9.92. The SMILES string of the molecule is COC1(CN)CCN(CCCCS(=O)(=O)c2ccccc2)CC1. The summed E-state index contributed by atoms with van der Waals surface area (Å²) in [7, 11) is -1.41. The van der Waals surface area contributed by atoms with Crippen molar-refractivity contribution in [3.63, 3.8) is 0 Å². The van der Waals surface area contributed by atoms with Gasteiger partial charge in [0.2, 0.25) is 0 Å². The highest BCUT2D eigenvalue weighted by Gasteiger charge is 2.32. The fourth-order valence-corrected chi connectivity index (χ4v) is 4.44. The van der Waals surface area contributed by atoms with Gasteiger partial charge in [0.05, 0.1) is 16.2 Å². The molecule has 130 valence electrons. The number of rotatable bonds is 8. The van der Waals surface area contributed by atoms with E-state index in [1.807, 2.05) is 6.07 Å². The van der Waals surface area contributed by atoms with E-state index in [9.17, 15) is 8.42 Å².